The molecular formula is C22H22ClN3O6S. The lowest BCUT2D eigenvalue weighted by atomic mass is 10.2. The second-order valence-electron chi connectivity index (χ2n) is 6.74. The molecule has 11 heteroatoms. The lowest BCUT2D eigenvalue weighted by Gasteiger charge is -2.12. The Bertz CT molecular complexity index is 1210. The Hall–Kier alpha value is -3.50. The van der Waals surface area contributed by atoms with E-state index in [1.807, 2.05) is 6.92 Å². The van der Waals surface area contributed by atoms with Gasteiger partial charge in [0.15, 0.2) is 0 Å². The minimum absolute atomic E-state index is 0.0449. The summed E-state index contributed by atoms with van der Waals surface area (Å²) in [6.45, 7) is 2.19. The first-order valence-corrected chi connectivity index (χ1v) is 11.8. The number of benzene rings is 2. The Morgan fingerprint density at radius 3 is 2.48 bits per heavy atom. The summed E-state index contributed by atoms with van der Waals surface area (Å²) in [5.41, 5.74) is 0.248. The summed E-state index contributed by atoms with van der Waals surface area (Å²) in [6.07, 6.45) is 1.48. The molecule has 2 amide bonds. The van der Waals surface area contributed by atoms with Crippen LogP contribution >= 0.6 is 11.6 Å². The highest BCUT2D eigenvalue weighted by atomic mass is 35.5. The predicted molar refractivity (Wildman–Crippen MR) is 123 cm³/mol. The lowest BCUT2D eigenvalue weighted by Crippen LogP contribution is -2.36. The zero-order valence-corrected chi connectivity index (χ0v) is 19.2. The minimum Gasteiger partial charge on any atom is -0.494 e. The molecule has 1 heterocycles. The molecule has 0 atom stereocenters. The topological polar surface area (TPSA) is 127 Å². The first kappa shape index (κ1) is 24.1. The summed E-state index contributed by atoms with van der Waals surface area (Å²) < 4.78 is 38.4. The number of carbonyl (C=O) groups excluding carboxylic acids is 2. The highest BCUT2D eigenvalue weighted by Gasteiger charge is 2.19. The smallest absolute Gasteiger partial charge is 0.261 e. The fourth-order valence-electron chi connectivity index (χ4n) is 2.76. The van der Waals surface area contributed by atoms with E-state index in [-0.39, 0.29) is 28.6 Å². The third kappa shape index (κ3) is 6.74. The van der Waals surface area contributed by atoms with Crippen LogP contribution in [0.15, 0.2) is 70.2 Å². The Labute approximate surface area is 196 Å². The normalized spacial score (nSPS) is 11.0. The Morgan fingerprint density at radius 2 is 1.82 bits per heavy atom. The van der Waals surface area contributed by atoms with Crippen LogP contribution in [0.2, 0.25) is 5.02 Å². The molecule has 9 nitrogen and oxygen atoms in total. The third-order valence-corrected chi connectivity index (χ3v) is 6.07. The Balaban J connectivity index is 1.64. The fraction of sp³-hybridized carbons (Fsp3) is 0.182. The molecule has 3 N–H and O–H groups in total. The van der Waals surface area contributed by atoms with E-state index in [2.05, 4.69) is 15.4 Å². The van der Waals surface area contributed by atoms with Crippen LogP contribution in [0.5, 0.6) is 5.75 Å². The van der Waals surface area contributed by atoms with Gasteiger partial charge in [0.25, 0.3) is 15.9 Å². The summed E-state index contributed by atoms with van der Waals surface area (Å²) in [7, 11) is -4.00. The van der Waals surface area contributed by atoms with Gasteiger partial charge in [0.2, 0.25) is 5.91 Å². The predicted octanol–water partition coefficient (Wildman–Crippen LogP) is 3.18. The van der Waals surface area contributed by atoms with Gasteiger partial charge in [0, 0.05) is 5.69 Å². The van der Waals surface area contributed by atoms with Crippen molar-refractivity contribution in [2.45, 2.75) is 18.4 Å². The number of rotatable bonds is 10. The van der Waals surface area contributed by atoms with Crippen LogP contribution in [0, 0.1) is 0 Å². The van der Waals surface area contributed by atoms with E-state index in [0.29, 0.717) is 23.8 Å². The number of ether oxygens (including phenoxy) is 1. The third-order valence-electron chi connectivity index (χ3n) is 4.36. The van der Waals surface area contributed by atoms with Crippen LogP contribution in [0.3, 0.4) is 0 Å². The molecule has 0 spiro atoms. The zero-order valence-electron chi connectivity index (χ0n) is 17.6. The van der Waals surface area contributed by atoms with Gasteiger partial charge in [0.1, 0.15) is 11.5 Å². The van der Waals surface area contributed by atoms with Crippen LogP contribution < -0.4 is 20.1 Å². The van der Waals surface area contributed by atoms with Gasteiger partial charge < -0.3 is 19.8 Å². The van der Waals surface area contributed by atoms with Crippen molar-refractivity contribution in [2.24, 2.45) is 0 Å². The summed E-state index contributed by atoms with van der Waals surface area (Å²) in [5, 5.41) is 5.05. The average Bonchev–Trinajstić information content (AvgIpc) is 3.31. The van der Waals surface area contributed by atoms with Crippen LogP contribution in [-0.4, -0.2) is 33.4 Å². The molecule has 0 bridgehead atoms. The molecule has 174 valence electrons. The summed E-state index contributed by atoms with van der Waals surface area (Å²) >= 11 is 6.09. The Morgan fingerprint density at radius 1 is 1.06 bits per heavy atom. The van der Waals surface area contributed by atoms with E-state index < -0.39 is 21.8 Å². The number of carbonyl (C=O) groups is 2. The van der Waals surface area contributed by atoms with Gasteiger partial charge in [-0.2, -0.15) is 0 Å². The van der Waals surface area contributed by atoms with Crippen molar-refractivity contribution in [1.29, 1.82) is 0 Å². The van der Waals surface area contributed by atoms with E-state index in [0.717, 1.165) is 6.07 Å². The second kappa shape index (κ2) is 10.9. The van der Waals surface area contributed by atoms with Gasteiger partial charge in [-0.05, 0) is 61.5 Å². The van der Waals surface area contributed by atoms with Crippen molar-refractivity contribution in [2.75, 3.05) is 17.9 Å². The van der Waals surface area contributed by atoms with Gasteiger partial charge in [0.05, 0.1) is 41.4 Å². The molecular weight excluding hydrogens is 470 g/mol. The first-order valence-electron chi connectivity index (χ1n) is 9.91. The highest BCUT2D eigenvalue weighted by molar-refractivity contribution is 7.92. The molecule has 33 heavy (non-hydrogen) atoms. The number of amides is 2. The maximum Gasteiger partial charge on any atom is 0.261 e. The molecule has 1 aromatic heterocycles. The van der Waals surface area contributed by atoms with Crippen LogP contribution in [-0.2, 0) is 21.4 Å². The van der Waals surface area contributed by atoms with Crippen LogP contribution in [0.1, 0.15) is 23.0 Å². The molecule has 0 fully saturated rings. The highest BCUT2D eigenvalue weighted by Crippen LogP contribution is 2.23. The van der Waals surface area contributed by atoms with Crippen molar-refractivity contribution < 1.29 is 27.2 Å². The molecule has 0 aliphatic rings. The van der Waals surface area contributed by atoms with Gasteiger partial charge in [-0.1, -0.05) is 11.6 Å². The van der Waals surface area contributed by atoms with E-state index in [1.165, 1.54) is 18.4 Å². The van der Waals surface area contributed by atoms with Gasteiger partial charge in [-0.15, -0.1) is 0 Å². The SMILES string of the molecule is CCOc1ccc(NS(=O)(=O)c2ccc(Cl)c(C(=O)NCC(=O)NCc3ccco3)c2)cc1. The lowest BCUT2D eigenvalue weighted by molar-refractivity contribution is -0.120. The van der Waals surface area contributed by atoms with E-state index in [4.69, 9.17) is 20.8 Å². The number of hydrogen-bond donors (Lipinski definition) is 3. The molecule has 3 rings (SSSR count). The summed E-state index contributed by atoms with van der Waals surface area (Å²) in [4.78, 5) is 24.3. The van der Waals surface area contributed by atoms with Gasteiger partial charge in [-0.3, -0.25) is 14.3 Å². The zero-order chi connectivity index (χ0) is 23.8. The Kier molecular flexibility index (Phi) is 7.96. The summed E-state index contributed by atoms with van der Waals surface area (Å²) in [6, 6.07) is 13.5. The van der Waals surface area contributed by atoms with Crippen LogP contribution in [0.4, 0.5) is 5.69 Å². The molecule has 0 saturated heterocycles. The van der Waals surface area contributed by atoms with Crippen molar-refractivity contribution in [3.8, 4) is 5.75 Å². The van der Waals surface area contributed by atoms with Crippen molar-refractivity contribution in [1.82, 2.24) is 10.6 Å². The van der Waals surface area contributed by atoms with Crippen molar-refractivity contribution >= 4 is 39.1 Å². The van der Waals surface area contributed by atoms with Gasteiger partial charge in [-0.25, -0.2) is 8.42 Å². The monoisotopic (exact) mass is 491 g/mol. The molecule has 0 saturated carbocycles. The molecule has 0 unspecified atom stereocenters. The van der Waals surface area contributed by atoms with E-state index in [1.54, 1.807) is 36.4 Å². The number of halogens is 1. The molecule has 0 aliphatic carbocycles. The number of sulfonamides is 1. The number of nitrogens with one attached hydrogen (secondary N) is 3. The van der Waals surface area contributed by atoms with Crippen LogP contribution in [0.25, 0.3) is 0 Å². The summed E-state index contributed by atoms with van der Waals surface area (Å²) in [5.74, 6) is 0.0397. The number of anilines is 1. The van der Waals surface area contributed by atoms with Gasteiger partial charge >= 0.3 is 0 Å². The largest absolute Gasteiger partial charge is 0.494 e. The van der Waals surface area contributed by atoms with Crippen molar-refractivity contribution in [3.63, 3.8) is 0 Å². The first-order chi connectivity index (χ1) is 15.8. The van der Waals surface area contributed by atoms with E-state index >= 15 is 0 Å². The number of hydrogen-bond acceptors (Lipinski definition) is 6. The molecule has 2 aromatic carbocycles. The minimum atomic E-state index is -4.00. The maximum atomic E-state index is 12.8. The molecule has 0 aliphatic heterocycles. The quantitative estimate of drug-likeness (QED) is 0.400. The fourth-order valence-corrected chi connectivity index (χ4v) is 4.05. The van der Waals surface area contributed by atoms with Crippen molar-refractivity contribution in [3.05, 3.63) is 77.2 Å². The average molecular weight is 492 g/mol. The maximum absolute atomic E-state index is 12.8. The number of furan rings is 1. The molecule has 0 radical (unpaired) electrons. The second-order valence-corrected chi connectivity index (χ2v) is 8.83. The molecule has 3 aromatic rings. The van der Waals surface area contributed by atoms with E-state index in [9.17, 15) is 18.0 Å². The standard InChI is InChI=1S/C22H22ClN3O6S/c1-2-31-16-7-5-15(6-8-16)26-33(29,30)18-9-10-20(23)19(12-18)22(28)25-14-21(27)24-13-17-4-3-11-32-17/h3-12,26H,2,13-14H2,1H3,(H,24,27)(H,25,28).